The SMILES string of the molecule is CCCc1cc(C(=O)O)cc(N2CCCC(CO)C2)n1. The predicted octanol–water partition coefficient (Wildman–Crippen LogP) is 1.94. The van der Waals surface area contributed by atoms with Crippen molar-refractivity contribution in [3.05, 3.63) is 23.4 Å². The summed E-state index contributed by atoms with van der Waals surface area (Å²) in [7, 11) is 0. The number of aliphatic hydroxyl groups is 1. The Balaban J connectivity index is 2.27. The van der Waals surface area contributed by atoms with E-state index in [4.69, 9.17) is 0 Å². The van der Waals surface area contributed by atoms with Gasteiger partial charge in [0.05, 0.1) is 5.56 Å². The highest BCUT2D eigenvalue weighted by atomic mass is 16.4. The van der Waals surface area contributed by atoms with Gasteiger partial charge in [0.1, 0.15) is 5.82 Å². The number of nitrogens with zero attached hydrogens (tertiary/aromatic N) is 2. The van der Waals surface area contributed by atoms with Gasteiger partial charge in [0.25, 0.3) is 0 Å². The van der Waals surface area contributed by atoms with Crippen LogP contribution in [-0.4, -0.2) is 40.9 Å². The van der Waals surface area contributed by atoms with E-state index >= 15 is 0 Å². The van der Waals surface area contributed by atoms with Gasteiger partial charge in [-0.15, -0.1) is 0 Å². The number of piperidine rings is 1. The van der Waals surface area contributed by atoms with Gasteiger partial charge in [0, 0.05) is 25.4 Å². The third-order valence-corrected chi connectivity index (χ3v) is 3.72. The number of anilines is 1. The van der Waals surface area contributed by atoms with Crippen molar-refractivity contribution < 1.29 is 15.0 Å². The molecule has 0 saturated carbocycles. The van der Waals surface area contributed by atoms with Crippen molar-refractivity contribution in [2.45, 2.75) is 32.6 Å². The number of aryl methyl sites for hydroxylation is 1. The normalized spacial score (nSPS) is 19.1. The van der Waals surface area contributed by atoms with Crippen molar-refractivity contribution >= 4 is 11.8 Å². The summed E-state index contributed by atoms with van der Waals surface area (Å²) in [6, 6.07) is 3.30. The second-order valence-corrected chi connectivity index (χ2v) is 5.40. The van der Waals surface area contributed by atoms with E-state index in [-0.39, 0.29) is 12.5 Å². The predicted molar refractivity (Wildman–Crippen MR) is 77.2 cm³/mol. The van der Waals surface area contributed by atoms with Crippen molar-refractivity contribution in [1.82, 2.24) is 4.98 Å². The van der Waals surface area contributed by atoms with Gasteiger partial charge < -0.3 is 15.1 Å². The van der Waals surface area contributed by atoms with Crippen LogP contribution in [0.4, 0.5) is 5.82 Å². The molecule has 5 heteroatoms. The standard InChI is InChI=1S/C15H22N2O3/c1-2-4-13-7-12(15(19)20)8-14(16-13)17-6-3-5-11(9-17)10-18/h7-8,11,18H,2-6,9-10H2,1H3,(H,19,20). The fraction of sp³-hybridized carbons (Fsp3) is 0.600. The van der Waals surface area contributed by atoms with Crippen LogP contribution in [0, 0.1) is 5.92 Å². The Morgan fingerprint density at radius 1 is 1.50 bits per heavy atom. The summed E-state index contributed by atoms with van der Waals surface area (Å²) in [5.41, 5.74) is 1.12. The molecule has 5 nitrogen and oxygen atoms in total. The Morgan fingerprint density at radius 3 is 2.95 bits per heavy atom. The molecule has 0 aromatic carbocycles. The van der Waals surface area contributed by atoms with Crippen LogP contribution in [0.5, 0.6) is 0 Å². The number of pyridine rings is 1. The molecule has 20 heavy (non-hydrogen) atoms. The highest BCUT2D eigenvalue weighted by Gasteiger charge is 2.21. The first-order chi connectivity index (χ1) is 9.63. The van der Waals surface area contributed by atoms with Crippen LogP contribution in [0.15, 0.2) is 12.1 Å². The smallest absolute Gasteiger partial charge is 0.335 e. The maximum absolute atomic E-state index is 11.2. The maximum atomic E-state index is 11.2. The molecule has 1 aromatic heterocycles. The number of hydrogen-bond donors (Lipinski definition) is 2. The first-order valence-corrected chi connectivity index (χ1v) is 7.24. The van der Waals surface area contributed by atoms with Crippen LogP contribution in [-0.2, 0) is 6.42 Å². The summed E-state index contributed by atoms with van der Waals surface area (Å²) >= 11 is 0. The second kappa shape index (κ2) is 6.70. The van der Waals surface area contributed by atoms with Gasteiger partial charge in [-0.1, -0.05) is 13.3 Å². The van der Waals surface area contributed by atoms with Crippen LogP contribution >= 0.6 is 0 Å². The van der Waals surface area contributed by atoms with Crippen LogP contribution in [0.2, 0.25) is 0 Å². The molecule has 0 aliphatic carbocycles. The van der Waals surface area contributed by atoms with E-state index in [2.05, 4.69) is 16.8 Å². The third kappa shape index (κ3) is 3.48. The summed E-state index contributed by atoms with van der Waals surface area (Å²) in [5, 5.41) is 18.5. The molecule has 1 unspecified atom stereocenters. The van der Waals surface area contributed by atoms with E-state index in [0.29, 0.717) is 5.56 Å². The Kier molecular flexibility index (Phi) is 4.95. The van der Waals surface area contributed by atoms with Crippen LogP contribution in [0.3, 0.4) is 0 Å². The van der Waals surface area contributed by atoms with Gasteiger partial charge in [0.2, 0.25) is 0 Å². The van der Waals surface area contributed by atoms with Gasteiger partial charge in [-0.25, -0.2) is 9.78 Å². The molecule has 0 radical (unpaired) electrons. The molecule has 1 aliphatic rings. The molecule has 1 aromatic rings. The molecule has 2 rings (SSSR count). The number of aromatic carboxylic acids is 1. The zero-order chi connectivity index (χ0) is 14.5. The fourth-order valence-corrected chi connectivity index (χ4v) is 2.66. The molecule has 1 atom stereocenters. The lowest BCUT2D eigenvalue weighted by Crippen LogP contribution is -2.37. The number of carbonyl (C=O) groups is 1. The third-order valence-electron chi connectivity index (χ3n) is 3.72. The monoisotopic (exact) mass is 278 g/mol. The minimum Gasteiger partial charge on any atom is -0.478 e. The maximum Gasteiger partial charge on any atom is 0.335 e. The highest BCUT2D eigenvalue weighted by Crippen LogP contribution is 2.23. The fourth-order valence-electron chi connectivity index (χ4n) is 2.66. The second-order valence-electron chi connectivity index (χ2n) is 5.40. The van der Waals surface area contributed by atoms with Gasteiger partial charge in [0.15, 0.2) is 0 Å². The topological polar surface area (TPSA) is 73.7 Å². The summed E-state index contributed by atoms with van der Waals surface area (Å²) in [6.45, 7) is 3.85. The Labute approximate surface area is 119 Å². The van der Waals surface area contributed by atoms with Crippen LogP contribution in [0.25, 0.3) is 0 Å². The number of carboxylic acid groups (broad SMARTS) is 1. The van der Waals surface area contributed by atoms with Crippen molar-refractivity contribution in [3.8, 4) is 0 Å². The summed E-state index contributed by atoms with van der Waals surface area (Å²) in [5.74, 6) is 0.0712. The average molecular weight is 278 g/mol. The van der Waals surface area contributed by atoms with Crippen molar-refractivity contribution in [1.29, 1.82) is 0 Å². The largest absolute Gasteiger partial charge is 0.478 e. The number of aromatic nitrogens is 1. The Hall–Kier alpha value is -1.62. The Morgan fingerprint density at radius 2 is 2.30 bits per heavy atom. The van der Waals surface area contributed by atoms with Crippen LogP contribution < -0.4 is 4.90 Å². The molecule has 0 bridgehead atoms. The first kappa shape index (κ1) is 14.8. The molecule has 0 spiro atoms. The molecule has 1 saturated heterocycles. The molecule has 2 heterocycles. The van der Waals surface area contributed by atoms with E-state index < -0.39 is 5.97 Å². The summed E-state index contributed by atoms with van der Waals surface area (Å²) in [4.78, 5) is 17.9. The lowest BCUT2D eigenvalue weighted by Gasteiger charge is -2.33. The van der Waals surface area contributed by atoms with Crippen molar-refractivity contribution in [3.63, 3.8) is 0 Å². The van der Waals surface area contributed by atoms with Crippen molar-refractivity contribution in [2.24, 2.45) is 5.92 Å². The van der Waals surface area contributed by atoms with Gasteiger partial charge in [-0.3, -0.25) is 0 Å². The first-order valence-electron chi connectivity index (χ1n) is 7.24. The van der Waals surface area contributed by atoms with E-state index in [1.54, 1.807) is 12.1 Å². The van der Waals surface area contributed by atoms with Gasteiger partial charge >= 0.3 is 5.97 Å². The number of hydrogen-bond acceptors (Lipinski definition) is 4. The van der Waals surface area contributed by atoms with E-state index in [1.165, 1.54) is 0 Å². The zero-order valence-electron chi connectivity index (χ0n) is 11.9. The molecule has 110 valence electrons. The van der Waals surface area contributed by atoms with Crippen molar-refractivity contribution in [2.75, 3.05) is 24.6 Å². The van der Waals surface area contributed by atoms with Crippen LogP contribution in [0.1, 0.15) is 42.2 Å². The van der Waals surface area contributed by atoms with E-state index in [0.717, 1.165) is 50.3 Å². The minimum atomic E-state index is -0.915. The molecular formula is C15H22N2O3. The number of aliphatic hydroxyl groups excluding tert-OH is 1. The molecule has 1 fully saturated rings. The zero-order valence-corrected chi connectivity index (χ0v) is 11.9. The lowest BCUT2D eigenvalue weighted by molar-refractivity contribution is 0.0696. The van der Waals surface area contributed by atoms with E-state index in [1.807, 2.05) is 0 Å². The number of carboxylic acids is 1. The quantitative estimate of drug-likeness (QED) is 0.861. The summed E-state index contributed by atoms with van der Waals surface area (Å²) < 4.78 is 0. The average Bonchev–Trinajstić information content (AvgIpc) is 2.47. The Bertz CT molecular complexity index is 476. The van der Waals surface area contributed by atoms with E-state index in [9.17, 15) is 15.0 Å². The molecule has 0 amide bonds. The van der Waals surface area contributed by atoms with Gasteiger partial charge in [-0.05, 0) is 37.3 Å². The lowest BCUT2D eigenvalue weighted by atomic mass is 9.99. The molecular weight excluding hydrogens is 256 g/mol. The number of rotatable bonds is 5. The molecule has 1 aliphatic heterocycles. The molecule has 2 N–H and O–H groups in total. The van der Waals surface area contributed by atoms with Gasteiger partial charge in [-0.2, -0.15) is 0 Å². The highest BCUT2D eigenvalue weighted by molar-refractivity contribution is 5.88. The summed E-state index contributed by atoms with van der Waals surface area (Å²) in [6.07, 6.45) is 3.75. The minimum absolute atomic E-state index is 0.178.